The quantitative estimate of drug-likeness (QED) is 0.834. The number of hydrogen-bond acceptors (Lipinski definition) is 5. The molecule has 2 aromatic heterocycles. The molecule has 92 valence electrons. The van der Waals surface area contributed by atoms with Gasteiger partial charge in [0, 0.05) is 30.7 Å². The molecule has 0 unspecified atom stereocenters. The Labute approximate surface area is 104 Å². The smallest absolute Gasteiger partial charge is 0.222 e. The van der Waals surface area contributed by atoms with Crippen molar-refractivity contribution in [3.8, 4) is 0 Å². The Morgan fingerprint density at radius 1 is 1.41 bits per heavy atom. The summed E-state index contributed by atoms with van der Waals surface area (Å²) in [4.78, 5) is 4.17. The molecule has 0 saturated carbocycles. The fraction of sp³-hybridized carbons (Fsp3) is 0.500. The fourth-order valence-corrected chi connectivity index (χ4v) is 2.39. The Bertz CT molecular complexity index is 501. The molecule has 0 saturated heterocycles. The molecule has 0 spiro atoms. The first kappa shape index (κ1) is 12.0. The third-order valence-electron chi connectivity index (χ3n) is 2.52. The van der Waals surface area contributed by atoms with E-state index in [-0.39, 0.29) is 0 Å². The lowest BCUT2D eigenvalue weighted by Crippen LogP contribution is -2.03. The van der Waals surface area contributed by atoms with Crippen molar-refractivity contribution in [2.24, 2.45) is 7.05 Å². The molecule has 2 heterocycles. The third-order valence-corrected chi connectivity index (χ3v) is 3.57. The van der Waals surface area contributed by atoms with Crippen molar-refractivity contribution < 1.29 is 0 Å². The van der Waals surface area contributed by atoms with Gasteiger partial charge >= 0.3 is 0 Å². The van der Waals surface area contributed by atoms with Crippen molar-refractivity contribution in [3.05, 3.63) is 18.2 Å². The van der Waals surface area contributed by atoms with Crippen LogP contribution < -0.4 is 5.73 Å². The molecule has 6 nitrogen and oxygen atoms in total. The van der Waals surface area contributed by atoms with Crippen LogP contribution in [0.2, 0.25) is 0 Å². The van der Waals surface area contributed by atoms with Gasteiger partial charge in [-0.15, -0.1) is 10.2 Å². The second-order valence-corrected chi connectivity index (χ2v) is 5.02. The van der Waals surface area contributed by atoms with Crippen LogP contribution in [0.4, 0.5) is 5.95 Å². The Balaban J connectivity index is 2.07. The molecule has 7 heteroatoms. The molecule has 0 radical (unpaired) electrons. The number of aromatic nitrogens is 5. The number of hydrogen-bond donors (Lipinski definition) is 1. The summed E-state index contributed by atoms with van der Waals surface area (Å²) in [6.45, 7) is 4.27. The maximum absolute atomic E-state index is 5.63. The SMILES string of the molecule is CC(C)n1cncc1CSc1nnc(N)n1C. The zero-order valence-corrected chi connectivity index (χ0v) is 11.0. The van der Waals surface area contributed by atoms with Crippen LogP contribution in [-0.4, -0.2) is 24.3 Å². The van der Waals surface area contributed by atoms with Crippen LogP contribution >= 0.6 is 11.8 Å². The van der Waals surface area contributed by atoms with E-state index in [1.54, 1.807) is 16.3 Å². The highest BCUT2D eigenvalue weighted by molar-refractivity contribution is 7.98. The number of thioether (sulfide) groups is 1. The fourth-order valence-electron chi connectivity index (χ4n) is 1.50. The van der Waals surface area contributed by atoms with Crippen LogP contribution in [0.1, 0.15) is 25.6 Å². The minimum Gasteiger partial charge on any atom is -0.368 e. The molecule has 0 atom stereocenters. The largest absolute Gasteiger partial charge is 0.368 e. The average molecular weight is 252 g/mol. The number of nitrogen functional groups attached to an aromatic ring is 1. The van der Waals surface area contributed by atoms with Gasteiger partial charge in [-0.2, -0.15) is 0 Å². The Hall–Kier alpha value is -1.50. The lowest BCUT2D eigenvalue weighted by molar-refractivity contribution is 0.583. The van der Waals surface area contributed by atoms with Gasteiger partial charge in [0.05, 0.1) is 6.33 Å². The molecule has 0 aromatic carbocycles. The van der Waals surface area contributed by atoms with Crippen molar-refractivity contribution in [1.29, 1.82) is 0 Å². The minimum atomic E-state index is 0.415. The number of anilines is 1. The Morgan fingerprint density at radius 3 is 2.76 bits per heavy atom. The summed E-state index contributed by atoms with van der Waals surface area (Å²) >= 11 is 1.61. The first-order chi connectivity index (χ1) is 8.09. The summed E-state index contributed by atoms with van der Waals surface area (Å²) < 4.78 is 3.92. The summed E-state index contributed by atoms with van der Waals surface area (Å²) in [6, 6.07) is 0.415. The van der Waals surface area contributed by atoms with Crippen molar-refractivity contribution in [2.45, 2.75) is 30.8 Å². The van der Waals surface area contributed by atoms with E-state index in [1.165, 1.54) is 5.69 Å². The molecule has 2 rings (SSSR count). The highest BCUT2D eigenvalue weighted by Gasteiger charge is 2.09. The van der Waals surface area contributed by atoms with Crippen LogP contribution in [0.15, 0.2) is 17.7 Å². The molecular formula is C10H16N6S. The average Bonchev–Trinajstić information content (AvgIpc) is 2.86. The van der Waals surface area contributed by atoms with Crippen LogP contribution in [0, 0.1) is 0 Å². The number of rotatable bonds is 4. The summed E-state index contributed by atoms with van der Waals surface area (Å²) in [7, 11) is 1.86. The van der Waals surface area contributed by atoms with Crippen LogP contribution in [0.3, 0.4) is 0 Å². The summed E-state index contributed by atoms with van der Waals surface area (Å²) in [6.07, 6.45) is 3.73. The maximum Gasteiger partial charge on any atom is 0.222 e. The predicted molar refractivity (Wildman–Crippen MR) is 67.6 cm³/mol. The highest BCUT2D eigenvalue weighted by Crippen LogP contribution is 2.22. The number of imidazole rings is 1. The molecule has 17 heavy (non-hydrogen) atoms. The van der Waals surface area contributed by atoms with Crippen LogP contribution in [-0.2, 0) is 12.8 Å². The van der Waals surface area contributed by atoms with Gasteiger partial charge in [-0.05, 0) is 13.8 Å². The molecule has 0 aliphatic heterocycles. The zero-order valence-electron chi connectivity index (χ0n) is 10.2. The molecule has 0 fully saturated rings. The molecule has 2 N–H and O–H groups in total. The van der Waals surface area contributed by atoms with Crippen molar-refractivity contribution >= 4 is 17.7 Å². The van der Waals surface area contributed by atoms with E-state index < -0.39 is 0 Å². The first-order valence-corrected chi connectivity index (χ1v) is 6.36. The highest BCUT2D eigenvalue weighted by atomic mass is 32.2. The van der Waals surface area contributed by atoms with Crippen molar-refractivity contribution in [1.82, 2.24) is 24.3 Å². The Kier molecular flexibility index (Phi) is 3.37. The molecule has 0 aliphatic rings. The van der Waals surface area contributed by atoms with Crippen molar-refractivity contribution in [2.75, 3.05) is 5.73 Å². The molecule has 0 amide bonds. The molecule has 0 aliphatic carbocycles. The molecular weight excluding hydrogens is 236 g/mol. The normalized spacial score (nSPS) is 11.3. The van der Waals surface area contributed by atoms with Gasteiger partial charge in [0.2, 0.25) is 5.95 Å². The Morgan fingerprint density at radius 2 is 2.18 bits per heavy atom. The number of nitrogens with two attached hydrogens (primary N) is 1. The van der Waals surface area contributed by atoms with Gasteiger partial charge in [-0.3, -0.25) is 4.57 Å². The lowest BCUT2D eigenvalue weighted by atomic mass is 10.4. The molecule has 0 bridgehead atoms. The van der Waals surface area contributed by atoms with E-state index in [4.69, 9.17) is 5.73 Å². The minimum absolute atomic E-state index is 0.415. The number of nitrogens with zero attached hydrogens (tertiary/aromatic N) is 5. The monoisotopic (exact) mass is 252 g/mol. The second kappa shape index (κ2) is 4.79. The van der Waals surface area contributed by atoms with Gasteiger partial charge < -0.3 is 10.3 Å². The van der Waals surface area contributed by atoms with Gasteiger partial charge in [0.15, 0.2) is 5.16 Å². The van der Waals surface area contributed by atoms with E-state index in [2.05, 4.69) is 33.6 Å². The van der Waals surface area contributed by atoms with E-state index in [9.17, 15) is 0 Å². The predicted octanol–water partition coefficient (Wildman–Crippen LogP) is 1.47. The standard InChI is InChI=1S/C10H16N6S/c1-7(2)16-6-12-4-8(16)5-17-10-14-13-9(11)15(10)3/h4,6-7H,5H2,1-3H3,(H2,11,13). The van der Waals surface area contributed by atoms with Gasteiger partial charge in [-0.25, -0.2) is 4.98 Å². The topological polar surface area (TPSA) is 74.6 Å². The maximum atomic E-state index is 5.63. The lowest BCUT2D eigenvalue weighted by Gasteiger charge is -2.10. The van der Waals surface area contributed by atoms with Crippen LogP contribution in [0.5, 0.6) is 0 Å². The summed E-state index contributed by atoms with van der Waals surface area (Å²) in [5, 5.41) is 8.65. The van der Waals surface area contributed by atoms with Gasteiger partial charge in [0.25, 0.3) is 0 Å². The van der Waals surface area contributed by atoms with E-state index in [0.29, 0.717) is 12.0 Å². The third kappa shape index (κ3) is 2.44. The van der Waals surface area contributed by atoms with E-state index in [1.807, 2.05) is 19.6 Å². The summed E-state index contributed by atoms with van der Waals surface area (Å²) in [5.74, 6) is 1.24. The first-order valence-electron chi connectivity index (χ1n) is 5.38. The second-order valence-electron chi connectivity index (χ2n) is 4.07. The zero-order chi connectivity index (χ0) is 12.4. The molecule has 2 aromatic rings. The van der Waals surface area contributed by atoms with Gasteiger partial charge in [-0.1, -0.05) is 11.8 Å². The van der Waals surface area contributed by atoms with E-state index in [0.717, 1.165) is 10.9 Å². The summed E-state index contributed by atoms with van der Waals surface area (Å²) in [5.41, 5.74) is 6.80. The van der Waals surface area contributed by atoms with Gasteiger partial charge in [0.1, 0.15) is 0 Å². The van der Waals surface area contributed by atoms with Crippen LogP contribution in [0.25, 0.3) is 0 Å². The van der Waals surface area contributed by atoms with Crippen molar-refractivity contribution in [3.63, 3.8) is 0 Å². The van der Waals surface area contributed by atoms with E-state index >= 15 is 0 Å².